The van der Waals surface area contributed by atoms with Crippen molar-refractivity contribution in [3.63, 3.8) is 0 Å². The lowest BCUT2D eigenvalue weighted by Gasteiger charge is -2.39. The minimum absolute atomic E-state index is 0.189. The molecule has 0 heterocycles. The summed E-state index contributed by atoms with van der Waals surface area (Å²) in [5, 5.41) is 0. The van der Waals surface area contributed by atoms with E-state index in [1.165, 1.54) is 0 Å². The van der Waals surface area contributed by atoms with Gasteiger partial charge in [0.25, 0.3) is 0 Å². The average Bonchev–Trinajstić information content (AvgIpc) is 1.78. The van der Waals surface area contributed by atoms with Crippen LogP contribution in [0.3, 0.4) is 0 Å². The predicted molar refractivity (Wildman–Crippen MR) is 37.5 cm³/mol. The Kier molecular flexibility index (Phi) is 1.83. The van der Waals surface area contributed by atoms with Crippen molar-refractivity contribution in [2.24, 2.45) is 5.73 Å². The number of rotatable bonds is 2. The van der Waals surface area contributed by atoms with Gasteiger partial charge in [-0.15, -0.1) is 0 Å². The molecule has 0 aromatic carbocycles. The summed E-state index contributed by atoms with van der Waals surface area (Å²) in [6.07, 6.45) is 3.36. The molecular weight excluding hydrogens is 130 g/mol. The molecular formula is C7H13NO2. The van der Waals surface area contributed by atoms with E-state index in [1.807, 2.05) is 6.92 Å². The van der Waals surface area contributed by atoms with E-state index in [4.69, 9.17) is 10.5 Å². The lowest BCUT2D eigenvalue weighted by atomic mass is 9.78. The zero-order valence-corrected chi connectivity index (χ0v) is 6.22. The first-order valence-corrected chi connectivity index (χ1v) is 3.67. The number of carbonyl (C=O) groups is 1. The summed E-state index contributed by atoms with van der Waals surface area (Å²) in [4.78, 5) is 10.4. The van der Waals surface area contributed by atoms with E-state index in [2.05, 4.69) is 0 Å². The van der Waals surface area contributed by atoms with Crippen LogP contribution in [-0.4, -0.2) is 11.7 Å². The smallest absolute Gasteiger partial charge is 0.405 e. The monoisotopic (exact) mass is 143 g/mol. The Balaban J connectivity index is 2.40. The third kappa shape index (κ3) is 1.23. The fourth-order valence-electron chi connectivity index (χ4n) is 1.31. The second kappa shape index (κ2) is 2.48. The number of ether oxygens (including phenoxy) is 1. The van der Waals surface area contributed by atoms with Crippen LogP contribution in [-0.2, 0) is 4.74 Å². The number of amides is 1. The predicted octanol–water partition coefficient (Wildman–Crippen LogP) is 1.41. The minimum atomic E-state index is -0.637. The minimum Gasteiger partial charge on any atom is -0.443 e. The lowest BCUT2D eigenvalue weighted by molar-refractivity contribution is -0.0461. The second-order valence-electron chi connectivity index (χ2n) is 2.81. The molecule has 1 saturated carbocycles. The molecule has 1 aliphatic rings. The molecule has 0 unspecified atom stereocenters. The van der Waals surface area contributed by atoms with Gasteiger partial charge in [0.15, 0.2) is 0 Å². The van der Waals surface area contributed by atoms with Gasteiger partial charge in [-0.3, -0.25) is 0 Å². The van der Waals surface area contributed by atoms with Gasteiger partial charge in [0.2, 0.25) is 0 Å². The van der Waals surface area contributed by atoms with Gasteiger partial charge in [0.05, 0.1) is 0 Å². The Morgan fingerprint density at radius 1 is 1.70 bits per heavy atom. The molecule has 3 heteroatoms. The van der Waals surface area contributed by atoms with Gasteiger partial charge in [-0.2, -0.15) is 0 Å². The van der Waals surface area contributed by atoms with Crippen molar-refractivity contribution in [3.05, 3.63) is 0 Å². The van der Waals surface area contributed by atoms with Crippen molar-refractivity contribution < 1.29 is 9.53 Å². The molecule has 0 saturated heterocycles. The molecule has 0 atom stereocenters. The number of nitrogens with two attached hydrogens (primary N) is 1. The standard InChI is InChI=1S/C7H13NO2/c1-2-7(4-3-5-7)10-6(8)9/h2-5H2,1H3,(H2,8,9). The van der Waals surface area contributed by atoms with Crippen LogP contribution in [0.4, 0.5) is 4.79 Å². The highest BCUT2D eigenvalue weighted by Crippen LogP contribution is 2.38. The summed E-state index contributed by atoms with van der Waals surface area (Å²) < 4.78 is 4.96. The molecule has 0 spiro atoms. The Morgan fingerprint density at radius 2 is 2.30 bits per heavy atom. The molecule has 0 aromatic rings. The van der Waals surface area contributed by atoms with Crippen LogP contribution in [0, 0.1) is 0 Å². The maximum absolute atomic E-state index is 10.4. The van der Waals surface area contributed by atoms with E-state index < -0.39 is 6.09 Å². The number of hydrogen-bond acceptors (Lipinski definition) is 2. The van der Waals surface area contributed by atoms with Crippen LogP contribution in [0.15, 0.2) is 0 Å². The van der Waals surface area contributed by atoms with Crippen LogP contribution < -0.4 is 5.73 Å². The highest BCUT2D eigenvalue weighted by molar-refractivity contribution is 5.65. The lowest BCUT2D eigenvalue weighted by Crippen LogP contribution is -2.42. The molecule has 1 aliphatic carbocycles. The molecule has 1 fully saturated rings. The fourth-order valence-corrected chi connectivity index (χ4v) is 1.31. The van der Waals surface area contributed by atoms with Crippen molar-refractivity contribution in [1.82, 2.24) is 0 Å². The van der Waals surface area contributed by atoms with E-state index >= 15 is 0 Å². The van der Waals surface area contributed by atoms with E-state index in [9.17, 15) is 4.79 Å². The van der Waals surface area contributed by atoms with Gasteiger partial charge < -0.3 is 10.5 Å². The van der Waals surface area contributed by atoms with Gasteiger partial charge in [-0.05, 0) is 25.7 Å². The maximum Gasteiger partial charge on any atom is 0.405 e. The van der Waals surface area contributed by atoms with Crippen LogP contribution in [0.5, 0.6) is 0 Å². The summed E-state index contributed by atoms with van der Waals surface area (Å²) in [6, 6.07) is 0. The van der Waals surface area contributed by atoms with Crippen LogP contribution in [0.1, 0.15) is 32.6 Å². The highest BCUT2D eigenvalue weighted by Gasteiger charge is 2.38. The van der Waals surface area contributed by atoms with Gasteiger partial charge in [-0.25, -0.2) is 4.79 Å². The molecule has 58 valence electrons. The van der Waals surface area contributed by atoms with Crippen LogP contribution in [0.25, 0.3) is 0 Å². The van der Waals surface area contributed by atoms with E-state index in [0.29, 0.717) is 0 Å². The normalized spacial score (nSPS) is 21.3. The van der Waals surface area contributed by atoms with Crippen LogP contribution >= 0.6 is 0 Å². The van der Waals surface area contributed by atoms with Crippen molar-refractivity contribution in [2.75, 3.05) is 0 Å². The van der Waals surface area contributed by atoms with Crippen molar-refractivity contribution >= 4 is 6.09 Å². The van der Waals surface area contributed by atoms with Crippen molar-refractivity contribution in [2.45, 2.75) is 38.2 Å². The Morgan fingerprint density at radius 3 is 2.40 bits per heavy atom. The molecule has 1 amide bonds. The van der Waals surface area contributed by atoms with E-state index in [-0.39, 0.29) is 5.60 Å². The summed E-state index contributed by atoms with van der Waals surface area (Å²) in [6.45, 7) is 2.02. The molecule has 0 aromatic heterocycles. The molecule has 0 bridgehead atoms. The molecule has 1 rings (SSSR count). The summed E-state index contributed by atoms with van der Waals surface area (Å²) in [7, 11) is 0. The fraction of sp³-hybridized carbons (Fsp3) is 0.857. The van der Waals surface area contributed by atoms with Gasteiger partial charge in [0.1, 0.15) is 5.60 Å². The van der Waals surface area contributed by atoms with Gasteiger partial charge in [0, 0.05) is 0 Å². The van der Waals surface area contributed by atoms with E-state index in [0.717, 1.165) is 25.7 Å². The number of carbonyl (C=O) groups excluding carboxylic acids is 1. The van der Waals surface area contributed by atoms with Gasteiger partial charge >= 0.3 is 6.09 Å². The first-order valence-electron chi connectivity index (χ1n) is 3.67. The highest BCUT2D eigenvalue weighted by atomic mass is 16.6. The Labute approximate surface area is 60.5 Å². The zero-order chi connectivity index (χ0) is 7.61. The molecule has 10 heavy (non-hydrogen) atoms. The second-order valence-corrected chi connectivity index (χ2v) is 2.81. The SMILES string of the molecule is CCC1(OC(N)=O)CCC1. The topological polar surface area (TPSA) is 52.3 Å². The summed E-state index contributed by atoms with van der Waals surface area (Å²) >= 11 is 0. The Hall–Kier alpha value is -0.730. The molecule has 0 radical (unpaired) electrons. The zero-order valence-electron chi connectivity index (χ0n) is 6.22. The number of primary amides is 1. The van der Waals surface area contributed by atoms with Crippen LogP contribution in [0.2, 0.25) is 0 Å². The third-order valence-corrected chi connectivity index (χ3v) is 2.23. The molecule has 3 nitrogen and oxygen atoms in total. The first kappa shape index (κ1) is 7.38. The van der Waals surface area contributed by atoms with E-state index in [1.54, 1.807) is 0 Å². The first-order chi connectivity index (χ1) is 4.68. The quantitative estimate of drug-likeness (QED) is 0.635. The average molecular weight is 143 g/mol. The largest absolute Gasteiger partial charge is 0.443 e. The Bertz CT molecular complexity index is 135. The summed E-state index contributed by atoms with van der Waals surface area (Å²) in [5.74, 6) is 0. The molecule has 2 N–H and O–H groups in total. The van der Waals surface area contributed by atoms with Crippen molar-refractivity contribution in [1.29, 1.82) is 0 Å². The molecule has 0 aliphatic heterocycles. The van der Waals surface area contributed by atoms with Crippen molar-refractivity contribution in [3.8, 4) is 0 Å². The maximum atomic E-state index is 10.4. The number of hydrogen-bond donors (Lipinski definition) is 1. The third-order valence-electron chi connectivity index (χ3n) is 2.23. The summed E-state index contributed by atoms with van der Waals surface area (Å²) in [5.41, 5.74) is 4.71. The van der Waals surface area contributed by atoms with Gasteiger partial charge in [-0.1, -0.05) is 6.92 Å².